The van der Waals surface area contributed by atoms with Crippen molar-refractivity contribution in [3.63, 3.8) is 0 Å². The number of pyridine rings is 1. The molecule has 1 fully saturated rings. The van der Waals surface area contributed by atoms with Crippen LogP contribution < -0.4 is 11.1 Å². The van der Waals surface area contributed by atoms with Crippen molar-refractivity contribution in [2.45, 2.75) is 76.5 Å². The number of halogens is 1. The minimum atomic E-state index is -0.882. The molecule has 8 heteroatoms. The number of nitrogens with one attached hydrogen (secondary N) is 1. The predicted octanol–water partition coefficient (Wildman–Crippen LogP) is 4.45. The van der Waals surface area contributed by atoms with Gasteiger partial charge in [-0.1, -0.05) is 44.5 Å². The first kappa shape index (κ1) is 23.5. The summed E-state index contributed by atoms with van der Waals surface area (Å²) in [6.45, 7) is 10.00. The first-order valence-corrected chi connectivity index (χ1v) is 11.6. The van der Waals surface area contributed by atoms with E-state index in [0.717, 1.165) is 16.9 Å². The molecule has 1 saturated carbocycles. The lowest BCUT2D eigenvalue weighted by atomic mass is 9.75. The maximum absolute atomic E-state index is 13.1. The Labute approximate surface area is 200 Å². The van der Waals surface area contributed by atoms with Gasteiger partial charge < -0.3 is 16.2 Å². The van der Waals surface area contributed by atoms with E-state index >= 15 is 0 Å². The molecular weight excluding hydrogens is 438 g/mol. The second-order valence-electron chi connectivity index (χ2n) is 10.7. The van der Waals surface area contributed by atoms with Crippen molar-refractivity contribution < 1.29 is 9.90 Å². The highest BCUT2D eigenvalue weighted by Gasteiger charge is 2.48. The van der Waals surface area contributed by atoms with E-state index in [0.29, 0.717) is 23.6 Å². The summed E-state index contributed by atoms with van der Waals surface area (Å²) in [6, 6.07) is 9.50. The molecule has 0 unspecified atom stereocenters. The molecule has 1 aliphatic heterocycles. The van der Waals surface area contributed by atoms with Crippen LogP contribution in [-0.2, 0) is 15.7 Å². The van der Waals surface area contributed by atoms with E-state index in [1.807, 2.05) is 37.3 Å². The smallest absolute Gasteiger partial charge is 0.232 e. The Hall–Kier alpha value is -2.64. The van der Waals surface area contributed by atoms with Crippen molar-refractivity contribution in [3.8, 4) is 0 Å². The zero-order valence-corrected chi connectivity index (χ0v) is 20.6. The fourth-order valence-electron chi connectivity index (χ4n) is 4.65. The van der Waals surface area contributed by atoms with E-state index in [1.54, 1.807) is 13.1 Å². The van der Waals surface area contributed by atoms with Crippen LogP contribution in [0.1, 0.15) is 65.1 Å². The molecule has 1 atom stereocenters. The Bertz CT molecular complexity index is 1100. The average Bonchev–Trinajstić information content (AvgIpc) is 2.67. The highest BCUT2D eigenvalue weighted by molar-refractivity contribution is 6.34. The molecule has 2 aromatic rings. The number of hydrogen-bond donors (Lipinski definition) is 3. The van der Waals surface area contributed by atoms with Gasteiger partial charge in [0.25, 0.3) is 0 Å². The van der Waals surface area contributed by atoms with Gasteiger partial charge in [0.15, 0.2) is 5.96 Å². The summed E-state index contributed by atoms with van der Waals surface area (Å²) >= 11 is 6.80. The van der Waals surface area contributed by atoms with E-state index < -0.39 is 11.1 Å². The molecule has 1 amide bonds. The highest BCUT2D eigenvalue weighted by Crippen LogP contribution is 2.43. The summed E-state index contributed by atoms with van der Waals surface area (Å²) in [7, 11) is 0. The third-order valence-electron chi connectivity index (χ3n) is 6.48. The van der Waals surface area contributed by atoms with Crippen molar-refractivity contribution >= 4 is 34.8 Å². The van der Waals surface area contributed by atoms with Crippen LogP contribution in [0.25, 0.3) is 0 Å². The minimum absolute atomic E-state index is 0.0285. The zero-order chi connectivity index (χ0) is 24.2. The van der Waals surface area contributed by atoms with Crippen molar-refractivity contribution in [2.24, 2.45) is 10.7 Å². The number of aliphatic imine (C=N–C) groups is 1. The van der Waals surface area contributed by atoms with Crippen LogP contribution >= 0.6 is 11.6 Å². The van der Waals surface area contributed by atoms with Gasteiger partial charge in [-0.3, -0.25) is 14.7 Å². The molecule has 4 N–H and O–H groups in total. The van der Waals surface area contributed by atoms with E-state index in [9.17, 15) is 9.90 Å². The number of carbonyl (C=O) groups excluding carboxylic acids is 1. The standard InChI is InChI=1S/C25H32ClN5O2/c1-23(2,3)19-10-9-15(14-28-19)29-18-8-6-7-17(21(18)26)25(5)13-20(32)31(22(27)30-25)16-11-24(4,33)12-16/h6-10,14,16,29,33H,11-13H2,1-5H3,(H2,27,30)/t16?,24?,25-/m0/s1. The number of benzene rings is 1. The molecule has 4 rings (SSSR count). The van der Waals surface area contributed by atoms with Gasteiger partial charge in [-0.05, 0) is 44.9 Å². The lowest BCUT2D eigenvalue weighted by molar-refractivity contribution is -0.138. The van der Waals surface area contributed by atoms with Crippen LogP contribution in [0.5, 0.6) is 0 Å². The SMILES string of the molecule is CC1(O)CC(N2C(=O)C[C@@](C)(c3cccc(Nc4ccc(C(C)(C)C)nc4)c3Cl)N=C2N)C1. The molecular formula is C25H32ClN5O2. The topological polar surface area (TPSA) is 104 Å². The van der Waals surface area contributed by atoms with Crippen LogP contribution in [0.4, 0.5) is 11.4 Å². The monoisotopic (exact) mass is 469 g/mol. The Kier molecular flexibility index (Phi) is 5.69. The number of anilines is 2. The molecule has 7 nitrogen and oxygen atoms in total. The van der Waals surface area contributed by atoms with Crippen LogP contribution in [-0.4, -0.2) is 38.5 Å². The molecule has 33 heavy (non-hydrogen) atoms. The maximum atomic E-state index is 13.1. The number of hydrogen-bond acceptors (Lipinski definition) is 6. The fourth-order valence-corrected chi connectivity index (χ4v) is 5.03. The third-order valence-corrected chi connectivity index (χ3v) is 6.89. The van der Waals surface area contributed by atoms with E-state index in [1.165, 1.54) is 4.90 Å². The maximum Gasteiger partial charge on any atom is 0.232 e. The Morgan fingerprint density at radius 3 is 2.45 bits per heavy atom. The quantitative estimate of drug-likeness (QED) is 0.613. The number of aliphatic hydroxyl groups is 1. The van der Waals surface area contributed by atoms with Crippen molar-refractivity contribution in [1.82, 2.24) is 9.88 Å². The summed E-state index contributed by atoms with van der Waals surface area (Å²) in [5.41, 5.74) is 7.84. The van der Waals surface area contributed by atoms with Gasteiger partial charge >= 0.3 is 0 Å². The molecule has 0 spiro atoms. The van der Waals surface area contributed by atoms with Gasteiger partial charge in [0.1, 0.15) is 0 Å². The van der Waals surface area contributed by atoms with Gasteiger partial charge in [-0.15, -0.1) is 0 Å². The summed E-state index contributed by atoms with van der Waals surface area (Å²) in [6.07, 6.45) is 2.93. The number of carbonyl (C=O) groups is 1. The lowest BCUT2D eigenvalue weighted by Gasteiger charge is -2.48. The summed E-state index contributed by atoms with van der Waals surface area (Å²) in [5.74, 6) is 0.0625. The van der Waals surface area contributed by atoms with Crippen molar-refractivity contribution in [1.29, 1.82) is 0 Å². The van der Waals surface area contributed by atoms with Gasteiger partial charge in [0.05, 0.1) is 40.2 Å². The highest BCUT2D eigenvalue weighted by atomic mass is 35.5. The molecule has 176 valence electrons. The predicted molar refractivity (Wildman–Crippen MR) is 132 cm³/mol. The van der Waals surface area contributed by atoms with Crippen LogP contribution in [0.3, 0.4) is 0 Å². The molecule has 2 aliphatic rings. The van der Waals surface area contributed by atoms with Gasteiger partial charge in [0, 0.05) is 22.7 Å². The number of aromatic nitrogens is 1. The van der Waals surface area contributed by atoms with Crippen molar-refractivity contribution in [2.75, 3.05) is 5.32 Å². The van der Waals surface area contributed by atoms with Gasteiger partial charge in [-0.2, -0.15) is 0 Å². The zero-order valence-electron chi connectivity index (χ0n) is 19.8. The molecule has 1 aromatic carbocycles. The molecule has 1 aliphatic carbocycles. The van der Waals surface area contributed by atoms with Gasteiger partial charge in [-0.25, -0.2) is 4.99 Å². The molecule has 2 heterocycles. The Morgan fingerprint density at radius 2 is 1.91 bits per heavy atom. The summed E-state index contributed by atoms with van der Waals surface area (Å²) in [5, 5.41) is 13.9. The molecule has 0 bridgehead atoms. The number of nitrogens with two attached hydrogens (primary N) is 1. The second kappa shape index (κ2) is 7.99. The number of amides is 1. The Balaban J connectivity index is 1.59. The first-order valence-electron chi connectivity index (χ1n) is 11.2. The normalized spacial score (nSPS) is 27.7. The van der Waals surface area contributed by atoms with E-state index in [4.69, 9.17) is 22.3 Å². The lowest BCUT2D eigenvalue weighted by Crippen LogP contribution is -2.61. The number of nitrogens with zero attached hydrogens (tertiary/aromatic N) is 3. The minimum Gasteiger partial charge on any atom is -0.390 e. The second-order valence-corrected chi connectivity index (χ2v) is 11.1. The third kappa shape index (κ3) is 4.57. The van der Waals surface area contributed by atoms with Crippen LogP contribution in [0, 0.1) is 0 Å². The number of rotatable bonds is 4. The van der Waals surface area contributed by atoms with Gasteiger partial charge in [0.2, 0.25) is 5.91 Å². The van der Waals surface area contributed by atoms with Crippen LogP contribution in [0.15, 0.2) is 41.5 Å². The molecule has 0 saturated heterocycles. The largest absolute Gasteiger partial charge is 0.390 e. The number of guanidine groups is 1. The van der Waals surface area contributed by atoms with Crippen molar-refractivity contribution in [3.05, 3.63) is 52.8 Å². The first-order chi connectivity index (χ1) is 15.3. The average molecular weight is 470 g/mol. The van der Waals surface area contributed by atoms with Crippen LogP contribution in [0.2, 0.25) is 5.02 Å². The Morgan fingerprint density at radius 1 is 1.21 bits per heavy atom. The molecule has 0 radical (unpaired) electrons. The molecule has 1 aromatic heterocycles. The van der Waals surface area contributed by atoms with E-state index in [2.05, 4.69) is 31.1 Å². The fraction of sp³-hybridized carbons (Fsp3) is 0.480. The summed E-state index contributed by atoms with van der Waals surface area (Å²) in [4.78, 5) is 23.8. The summed E-state index contributed by atoms with van der Waals surface area (Å²) < 4.78 is 0. The van der Waals surface area contributed by atoms with E-state index in [-0.39, 0.29) is 29.7 Å².